The van der Waals surface area contributed by atoms with Crippen molar-refractivity contribution >= 4 is 11.6 Å². The molecule has 0 saturated heterocycles. The maximum absolute atomic E-state index is 14.6. The molecule has 0 spiro atoms. The number of ether oxygens (including phenoxy) is 1. The number of aromatic nitrogens is 1. The van der Waals surface area contributed by atoms with E-state index in [4.69, 9.17) is 11.2 Å². The van der Waals surface area contributed by atoms with Crippen LogP contribution in [0.4, 0.5) is 10.1 Å². The van der Waals surface area contributed by atoms with Crippen LogP contribution in [0.5, 0.6) is 5.75 Å². The highest BCUT2D eigenvalue weighted by atomic mass is 19.1. The SMILES string of the molecule is C#CCN1C(=O)COc2cc(F)c(-n3cc4c(c3)CCCC4)cc21. The van der Waals surface area contributed by atoms with Gasteiger partial charge in [-0.05, 0) is 42.9 Å². The largest absolute Gasteiger partial charge is 0.481 e. The van der Waals surface area contributed by atoms with Crippen molar-refractivity contribution in [1.82, 2.24) is 4.57 Å². The number of halogens is 1. The standard InChI is InChI=1S/C19H17FN2O2/c1-2-7-22-17-9-16(15(20)8-18(17)24-12-19(22)23)21-10-13-5-3-4-6-14(13)11-21/h1,8-11H,3-7,12H2. The zero-order chi connectivity index (χ0) is 16.7. The Bertz CT molecular complexity index is 839. The molecule has 0 bridgehead atoms. The zero-order valence-corrected chi connectivity index (χ0v) is 13.2. The van der Waals surface area contributed by atoms with Gasteiger partial charge in [0.1, 0.15) is 5.75 Å². The van der Waals surface area contributed by atoms with Crippen molar-refractivity contribution in [3.05, 3.63) is 41.5 Å². The van der Waals surface area contributed by atoms with Crippen molar-refractivity contribution in [1.29, 1.82) is 0 Å². The Morgan fingerprint density at radius 1 is 1.17 bits per heavy atom. The minimum atomic E-state index is -0.379. The van der Waals surface area contributed by atoms with Gasteiger partial charge in [-0.15, -0.1) is 6.42 Å². The highest BCUT2D eigenvalue weighted by molar-refractivity contribution is 5.98. The number of aryl methyl sites for hydroxylation is 2. The van der Waals surface area contributed by atoms with Crippen LogP contribution in [-0.2, 0) is 17.6 Å². The molecule has 1 aliphatic carbocycles. The molecule has 4 nitrogen and oxygen atoms in total. The van der Waals surface area contributed by atoms with E-state index in [9.17, 15) is 9.18 Å². The maximum atomic E-state index is 14.6. The predicted octanol–water partition coefficient (Wildman–Crippen LogP) is 2.85. The van der Waals surface area contributed by atoms with Gasteiger partial charge in [0.05, 0.1) is 17.9 Å². The molecular weight excluding hydrogens is 307 g/mol. The summed E-state index contributed by atoms with van der Waals surface area (Å²) in [6, 6.07) is 2.98. The van der Waals surface area contributed by atoms with Crippen LogP contribution in [0.1, 0.15) is 24.0 Å². The van der Waals surface area contributed by atoms with Crippen LogP contribution < -0.4 is 9.64 Å². The first-order valence-electron chi connectivity index (χ1n) is 8.07. The topological polar surface area (TPSA) is 34.5 Å². The van der Waals surface area contributed by atoms with Crippen LogP contribution in [-0.4, -0.2) is 23.6 Å². The van der Waals surface area contributed by atoms with Crippen LogP contribution in [0.15, 0.2) is 24.5 Å². The fraction of sp³-hybridized carbons (Fsp3) is 0.316. The minimum Gasteiger partial charge on any atom is -0.481 e. The van der Waals surface area contributed by atoms with Gasteiger partial charge in [0.25, 0.3) is 5.91 Å². The van der Waals surface area contributed by atoms with Crippen molar-refractivity contribution < 1.29 is 13.9 Å². The van der Waals surface area contributed by atoms with Crippen LogP contribution in [0.25, 0.3) is 5.69 Å². The first-order chi connectivity index (χ1) is 11.7. The first-order valence-corrected chi connectivity index (χ1v) is 8.07. The number of benzene rings is 1. The summed E-state index contributed by atoms with van der Waals surface area (Å²) in [7, 11) is 0. The molecule has 0 unspecified atom stereocenters. The summed E-state index contributed by atoms with van der Waals surface area (Å²) < 4.78 is 21.8. The van der Waals surface area contributed by atoms with E-state index in [0.717, 1.165) is 12.8 Å². The summed E-state index contributed by atoms with van der Waals surface area (Å²) in [5, 5.41) is 0. The predicted molar refractivity (Wildman–Crippen MR) is 89.1 cm³/mol. The fourth-order valence-electron chi connectivity index (χ4n) is 3.43. The lowest BCUT2D eigenvalue weighted by Gasteiger charge is -2.28. The number of fused-ring (bicyclic) bond motifs is 2. The number of amides is 1. The van der Waals surface area contributed by atoms with Gasteiger partial charge in [-0.3, -0.25) is 9.69 Å². The smallest absolute Gasteiger partial charge is 0.265 e. The van der Waals surface area contributed by atoms with Gasteiger partial charge in [-0.25, -0.2) is 4.39 Å². The third kappa shape index (κ3) is 2.35. The Morgan fingerprint density at radius 2 is 1.88 bits per heavy atom. The van der Waals surface area contributed by atoms with Crippen molar-refractivity contribution in [3.63, 3.8) is 0 Å². The van der Waals surface area contributed by atoms with E-state index in [-0.39, 0.29) is 24.9 Å². The van der Waals surface area contributed by atoms with Gasteiger partial charge < -0.3 is 9.30 Å². The number of carbonyl (C=O) groups excluding carboxylic acids is 1. The molecule has 2 aliphatic rings. The molecule has 2 heterocycles. The second kappa shape index (κ2) is 5.72. The Hall–Kier alpha value is -2.74. The quantitative estimate of drug-likeness (QED) is 0.796. The van der Waals surface area contributed by atoms with E-state index in [1.54, 1.807) is 10.6 Å². The van der Waals surface area contributed by atoms with Crippen molar-refractivity contribution in [3.8, 4) is 23.8 Å². The second-order valence-corrected chi connectivity index (χ2v) is 6.17. The number of anilines is 1. The van der Waals surface area contributed by atoms with E-state index < -0.39 is 0 Å². The Kier molecular flexibility index (Phi) is 3.53. The lowest BCUT2D eigenvalue weighted by Crippen LogP contribution is -2.39. The molecule has 1 aromatic carbocycles. The van der Waals surface area contributed by atoms with Gasteiger partial charge in [0, 0.05) is 18.5 Å². The summed E-state index contributed by atoms with van der Waals surface area (Å²) in [6.07, 6.45) is 13.7. The van der Waals surface area contributed by atoms with Crippen LogP contribution in [0, 0.1) is 18.2 Å². The molecule has 0 radical (unpaired) electrons. The lowest BCUT2D eigenvalue weighted by atomic mass is 9.96. The first kappa shape index (κ1) is 14.8. The normalized spacial score (nSPS) is 16.2. The van der Waals surface area contributed by atoms with Crippen molar-refractivity contribution in [2.45, 2.75) is 25.7 Å². The molecule has 122 valence electrons. The molecule has 5 heteroatoms. The number of terminal acetylenes is 1. The average Bonchev–Trinajstić information content (AvgIpc) is 3.01. The number of hydrogen-bond donors (Lipinski definition) is 0. The summed E-state index contributed by atoms with van der Waals surface area (Å²) in [5.74, 6) is 2.22. The number of nitrogens with zero attached hydrogens (tertiary/aromatic N) is 2. The molecule has 1 aromatic heterocycles. The molecular formula is C19H17FN2O2. The van der Waals surface area contributed by atoms with Crippen molar-refractivity contribution in [2.24, 2.45) is 0 Å². The van der Waals surface area contributed by atoms with E-state index in [1.165, 1.54) is 34.9 Å². The van der Waals surface area contributed by atoms with E-state index in [1.807, 2.05) is 12.4 Å². The van der Waals surface area contributed by atoms with Gasteiger partial charge in [-0.2, -0.15) is 0 Å². The fourth-order valence-corrected chi connectivity index (χ4v) is 3.43. The van der Waals surface area contributed by atoms with Gasteiger partial charge in [-0.1, -0.05) is 5.92 Å². The highest BCUT2D eigenvalue weighted by Crippen LogP contribution is 2.36. The van der Waals surface area contributed by atoms with Crippen molar-refractivity contribution in [2.75, 3.05) is 18.1 Å². The third-order valence-corrected chi connectivity index (χ3v) is 4.64. The summed E-state index contributed by atoms with van der Waals surface area (Å²) in [5.41, 5.74) is 3.47. The van der Waals surface area contributed by atoms with E-state index >= 15 is 0 Å². The van der Waals surface area contributed by atoms with E-state index in [0.29, 0.717) is 17.1 Å². The second-order valence-electron chi connectivity index (χ2n) is 6.17. The molecule has 0 atom stereocenters. The molecule has 1 amide bonds. The van der Waals surface area contributed by atoms with Crippen LogP contribution in [0.2, 0.25) is 0 Å². The minimum absolute atomic E-state index is 0.120. The molecule has 4 rings (SSSR count). The molecule has 1 aliphatic heterocycles. The highest BCUT2D eigenvalue weighted by Gasteiger charge is 2.27. The Labute approximate surface area is 139 Å². The van der Waals surface area contributed by atoms with Crippen LogP contribution >= 0.6 is 0 Å². The molecule has 0 saturated carbocycles. The number of hydrogen-bond acceptors (Lipinski definition) is 2. The summed E-state index contributed by atoms with van der Waals surface area (Å²) >= 11 is 0. The third-order valence-electron chi connectivity index (χ3n) is 4.64. The van der Waals surface area contributed by atoms with E-state index in [2.05, 4.69) is 5.92 Å². The molecule has 2 aromatic rings. The molecule has 24 heavy (non-hydrogen) atoms. The summed E-state index contributed by atoms with van der Waals surface area (Å²) in [6.45, 7) is 0.0216. The maximum Gasteiger partial charge on any atom is 0.265 e. The Morgan fingerprint density at radius 3 is 2.54 bits per heavy atom. The van der Waals surface area contributed by atoms with Gasteiger partial charge in [0.2, 0.25) is 0 Å². The molecule has 0 fully saturated rings. The zero-order valence-electron chi connectivity index (χ0n) is 13.2. The number of rotatable bonds is 2. The van der Waals surface area contributed by atoms with Gasteiger partial charge >= 0.3 is 0 Å². The Balaban J connectivity index is 1.81. The lowest BCUT2D eigenvalue weighted by molar-refractivity contribution is -0.121. The van der Waals surface area contributed by atoms with Gasteiger partial charge in [0.15, 0.2) is 12.4 Å². The molecule has 0 N–H and O–H groups in total. The van der Waals surface area contributed by atoms with Crippen LogP contribution in [0.3, 0.4) is 0 Å². The monoisotopic (exact) mass is 324 g/mol. The number of carbonyl (C=O) groups is 1. The average molecular weight is 324 g/mol. The summed E-state index contributed by atoms with van der Waals surface area (Å²) in [4.78, 5) is 13.5.